The number of H-pyrrole nitrogens is 1. The Balaban J connectivity index is 1.59. The Morgan fingerprint density at radius 2 is 1.53 bits per heavy atom. The predicted octanol–water partition coefficient (Wildman–Crippen LogP) is 7.80. The minimum absolute atomic E-state index is 0.0782. The van der Waals surface area contributed by atoms with E-state index in [1.54, 1.807) is 6.92 Å². The highest BCUT2D eigenvalue weighted by Gasteiger charge is 2.23. The summed E-state index contributed by atoms with van der Waals surface area (Å²) in [7, 11) is 0. The number of unbranched alkanes of at least 4 members (excludes halogenated alkanes) is 11. The zero-order valence-electron chi connectivity index (χ0n) is 22.7. The lowest BCUT2D eigenvalue weighted by Gasteiger charge is -2.17. The van der Waals surface area contributed by atoms with Crippen LogP contribution in [-0.4, -0.2) is 29.5 Å². The molecule has 1 aromatic carbocycles. The smallest absolute Gasteiger partial charge is 0.328 e. The van der Waals surface area contributed by atoms with Gasteiger partial charge in [0.05, 0.1) is 6.61 Å². The Morgan fingerprint density at radius 3 is 2.22 bits per heavy atom. The maximum atomic E-state index is 12.6. The van der Waals surface area contributed by atoms with E-state index in [4.69, 9.17) is 4.74 Å². The molecular weight excluding hydrogens is 448 g/mol. The van der Waals surface area contributed by atoms with Crippen molar-refractivity contribution >= 4 is 22.8 Å². The number of hydrogen-bond acceptors (Lipinski definition) is 3. The van der Waals surface area contributed by atoms with Crippen molar-refractivity contribution in [3.63, 3.8) is 0 Å². The van der Waals surface area contributed by atoms with Crippen LogP contribution < -0.4 is 5.32 Å². The first-order valence-corrected chi connectivity index (χ1v) is 14.3. The average Bonchev–Trinajstić information content (AvgIpc) is 3.29. The number of benzene rings is 1. The second kappa shape index (κ2) is 18.7. The number of nitrogens with one attached hydrogen (secondary N) is 2. The summed E-state index contributed by atoms with van der Waals surface area (Å²) in [6, 6.07) is 7.31. The van der Waals surface area contributed by atoms with Gasteiger partial charge in [-0.15, -0.1) is 0 Å². The number of allylic oxidation sites excluding steroid dienone is 2. The van der Waals surface area contributed by atoms with Crippen LogP contribution in [0.4, 0.5) is 0 Å². The molecule has 0 aliphatic rings. The van der Waals surface area contributed by atoms with Crippen LogP contribution in [0.1, 0.15) is 109 Å². The highest BCUT2D eigenvalue weighted by Crippen LogP contribution is 2.19. The predicted molar refractivity (Wildman–Crippen MR) is 150 cm³/mol. The van der Waals surface area contributed by atoms with E-state index in [9.17, 15) is 9.59 Å². The van der Waals surface area contributed by atoms with Gasteiger partial charge < -0.3 is 15.0 Å². The second-order valence-electron chi connectivity index (χ2n) is 9.77. The Hall–Kier alpha value is -2.56. The number of ether oxygens (including phenoxy) is 1. The molecule has 5 heteroatoms. The molecule has 36 heavy (non-hydrogen) atoms. The van der Waals surface area contributed by atoms with Crippen molar-refractivity contribution in [3.05, 3.63) is 48.2 Å². The average molecular weight is 497 g/mol. The van der Waals surface area contributed by atoms with E-state index in [-0.39, 0.29) is 11.9 Å². The standard InChI is InChI=1S/C31H48N2O3/c1-3-5-6-7-8-9-10-11-12-13-14-15-16-17-18-23-30(34)33-29(31(35)36-4-2)24-26-25-32-28-22-20-19-21-27(26)28/h11-12,19-22,25,29,32H,3-10,13-18,23-24H2,1-2H3,(H,33,34). The quantitative estimate of drug-likeness (QED) is 0.112. The number of aromatic amines is 1. The minimum Gasteiger partial charge on any atom is -0.464 e. The van der Waals surface area contributed by atoms with E-state index in [1.165, 1.54) is 57.8 Å². The monoisotopic (exact) mass is 496 g/mol. The summed E-state index contributed by atoms with van der Waals surface area (Å²) in [5.74, 6) is -0.453. The van der Waals surface area contributed by atoms with Gasteiger partial charge >= 0.3 is 5.97 Å². The number of carbonyl (C=O) groups excluding carboxylic acids is 2. The molecule has 200 valence electrons. The fraction of sp³-hybridized carbons (Fsp3) is 0.613. The molecule has 1 unspecified atom stereocenters. The van der Waals surface area contributed by atoms with Crippen molar-refractivity contribution in [2.24, 2.45) is 0 Å². The van der Waals surface area contributed by atoms with E-state index >= 15 is 0 Å². The van der Waals surface area contributed by atoms with E-state index < -0.39 is 6.04 Å². The van der Waals surface area contributed by atoms with Gasteiger partial charge in [-0.1, -0.05) is 88.6 Å². The van der Waals surface area contributed by atoms with Crippen LogP contribution in [0.25, 0.3) is 10.9 Å². The van der Waals surface area contributed by atoms with E-state index in [2.05, 4.69) is 29.4 Å². The van der Waals surface area contributed by atoms with Crippen molar-refractivity contribution in [1.29, 1.82) is 0 Å². The number of amides is 1. The number of esters is 1. The molecule has 0 fully saturated rings. The molecule has 0 saturated heterocycles. The summed E-state index contributed by atoms with van der Waals surface area (Å²) < 4.78 is 5.23. The summed E-state index contributed by atoms with van der Waals surface area (Å²) in [5.41, 5.74) is 2.03. The fourth-order valence-corrected chi connectivity index (χ4v) is 4.58. The van der Waals surface area contributed by atoms with Crippen molar-refractivity contribution in [1.82, 2.24) is 10.3 Å². The molecule has 1 aromatic heterocycles. The van der Waals surface area contributed by atoms with Crippen molar-refractivity contribution in [2.75, 3.05) is 6.61 Å². The third-order valence-electron chi connectivity index (χ3n) is 6.67. The summed E-state index contributed by atoms with van der Waals surface area (Å²) in [4.78, 5) is 28.3. The first-order chi connectivity index (χ1) is 17.7. The number of para-hydroxylation sites is 1. The largest absolute Gasteiger partial charge is 0.464 e. The maximum absolute atomic E-state index is 12.6. The van der Waals surface area contributed by atoms with Gasteiger partial charge in [0.1, 0.15) is 6.04 Å². The highest BCUT2D eigenvalue weighted by atomic mass is 16.5. The van der Waals surface area contributed by atoms with Crippen LogP contribution in [0, 0.1) is 0 Å². The molecule has 2 N–H and O–H groups in total. The zero-order valence-corrected chi connectivity index (χ0v) is 22.7. The highest BCUT2D eigenvalue weighted by molar-refractivity contribution is 5.87. The SMILES string of the molecule is CCCCCCCCC=CCCCCCCCC(=O)NC(Cc1c[nH]c2ccccc12)C(=O)OCC. The van der Waals surface area contributed by atoms with Crippen molar-refractivity contribution in [2.45, 2.75) is 116 Å². The molecule has 0 aliphatic carbocycles. The molecule has 0 spiro atoms. The Bertz CT molecular complexity index is 902. The molecule has 1 atom stereocenters. The van der Waals surface area contributed by atoms with E-state index in [1.807, 2.05) is 30.5 Å². The van der Waals surface area contributed by atoms with E-state index in [0.717, 1.165) is 42.1 Å². The molecule has 0 aliphatic heterocycles. The Kier molecular flexibility index (Phi) is 15.4. The van der Waals surface area contributed by atoms with Gasteiger partial charge in [0.15, 0.2) is 0 Å². The fourth-order valence-electron chi connectivity index (χ4n) is 4.58. The summed E-state index contributed by atoms with van der Waals surface area (Å²) >= 11 is 0. The Labute approximate surface area is 218 Å². The molecule has 2 aromatic rings. The number of hydrogen-bond donors (Lipinski definition) is 2. The van der Waals surface area contributed by atoms with E-state index in [0.29, 0.717) is 19.4 Å². The summed E-state index contributed by atoms with van der Waals surface area (Å²) in [6.07, 6.45) is 23.4. The number of carbonyl (C=O) groups is 2. The molecular formula is C31H48N2O3. The lowest BCUT2D eigenvalue weighted by Crippen LogP contribution is -2.43. The topological polar surface area (TPSA) is 71.2 Å². The number of fused-ring (bicyclic) bond motifs is 1. The summed E-state index contributed by atoms with van der Waals surface area (Å²) in [5, 5.41) is 3.99. The van der Waals surface area contributed by atoms with Crippen molar-refractivity contribution < 1.29 is 14.3 Å². The molecule has 1 heterocycles. The van der Waals surface area contributed by atoms with Gasteiger partial charge in [0.25, 0.3) is 0 Å². The first kappa shape index (κ1) is 29.7. The number of aromatic nitrogens is 1. The molecule has 1 amide bonds. The minimum atomic E-state index is -0.667. The second-order valence-corrected chi connectivity index (χ2v) is 9.77. The molecule has 0 bridgehead atoms. The molecule has 0 radical (unpaired) electrons. The van der Waals surface area contributed by atoms with Crippen molar-refractivity contribution in [3.8, 4) is 0 Å². The van der Waals surface area contributed by atoms with Crippen LogP contribution in [0.3, 0.4) is 0 Å². The van der Waals surface area contributed by atoms with Gasteiger partial charge in [-0.2, -0.15) is 0 Å². The lowest BCUT2D eigenvalue weighted by atomic mass is 10.0. The van der Waals surface area contributed by atoms with Crippen LogP contribution in [-0.2, 0) is 20.7 Å². The third kappa shape index (κ3) is 11.9. The normalized spacial score (nSPS) is 12.3. The van der Waals surface area contributed by atoms with Gasteiger partial charge in [0, 0.05) is 29.9 Å². The molecule has 2 rings (SSSR count). The molecule has 0 saturated carbocycles. The van der Waals surface area contributed by atoms with Crippen LogP contribution >= 0.6 is 0 Å². The van der Waals surface area contributed by atoms with Gasteiger partial charge in [0.2, 0.25) is 5.91 Å². The van der Waals surface area contributed by atoms with Crippen LogP contribution in [0.5, 0.6) is 0 Å². The maximum Gasteiger partial charge on any atom is 0.328 e. The molecule has 5 nitrogen and oxygen atoms in total. The van der Waals surface area contributed by atoms with Crippen LogP contribution in [0.15, 0.2) is 42.6 Å². The van der Waals surface area contributed by atoms with Gasteiger partial charge in [-0.3, -0.25) is 4.79 Å². The van der Waals surface area contributed by atoms with Crippen LogP contribution in [0.2, 0.25) is 0 Å². The summed E-state index contributed by atoms with van der Waals surface area (Å²) in [6.45, 7) is 4.35. The first-order valence-electron chi connectivity index (χ1n) is 14.3. The zero-order chi connectivity index (χ0) is 25.8. The lowest BCUT2D eigenvalue weighted by molar-refractivity contribution is -0.147. The number of rotatable bonds is 20. The van der Waals surface area contributed by atoms with Gasteiger partial charge in [-0.05, 0) is 50.7 Å². The van der Waals surface area contributed by atoms with Gasteiger partial charge in [-0.25, -0.2) is 4.79 Å². The third-order valence-corrected chi connectivity index (χ3v) is 6.67. The Morgan fingerprint density at radius 1 is 0.889 bits per heavy atom.